The van der Waals surface area contributed by atoms with Crippen molar-refractivity contribution in [2.45, 2.75) is 56.0 Å². The van der Waals surface area contributed by atoms with Crippen LogP contribution in [-0.4, -0.2) is 29.6 Å². The predicted octanol–water partition coefficient (Wildman–Crippen LogP) is 2.79. The fourth-order valence-corrected chi connectivity index (χ4v) is 4.14. The van der Waals surface area contributed by atoms with Gasteiger partial charge in [0.2, 0.25) is 5.16 Å². The van der Waals surface area contributed by atoms with E-state index in [1.165, 1.54) is 31.0 Å². The van der Waals surface area contributed by atoms with Gasteiger partial charge in [0.05, 0.1) is 11.7 Å². The Morgan fingerprint density at radius 2 is 2.08 bits per heavy atom. The van der Waals surface area contributed by atoms with Gasteiger partial charge in [-0.1, -0.05) is 31.0 Å². The van der Waals surface area contributed by atoms with Crippen LogP contribution >= 0.6 is 11.8 Å². The average Bonchev–Trinajstić information content (AvgIpc) is 3.09. The second-order valence-electron chi connectivity index (χ2n) is 6.50. The maximum absolute atomic E-state index is 12.3. The third-order valence-corrected chi connectivity index (χ3v) is 5.58. The van der Waals surface area contributed by atoms with Gasteiger partial charge >= 0.3 is 0 Å². The summed E-state index contributed by atoms with van der Waals surface area (Å²) in [7, 11) is 0. The molecule has 0 bridgehead atoms. The first-order valence-electron chi connectivity index (χ1n) is 8.60. The van der Waals surface area contributed by atoms with Crippen LogP contribution in [0.1, 0.15) is 49.4 Å². The van der Waals surface area contributed by atoms with E-state index in [1.807, 2.05) is 23.7 Å². The summed E-state index contributed by atoms with van der Waals surface area (Å²) >= 11 is 1.54. The van der Waals surface area contributed by atoms with Crippen molar-refractivity contribution in [1.82, 2.24) is 29.6 Å². The fraction of sp³-hybridized carbons (Fsp3) is 0.471. The van der Waals surface area contributed by atoms with E-state index in [2.05, 4.69) is 20.5 Å². The van der Waals surface area contributed by atoms with Gasteiger partial charge < -0.3 is 0 Å². The minimum atomic E-state index is -0.0625. The molecule has 3 aromatic heterocycles. The maximum Gasteiger partial charge on any atom is 0.258 e. The lowest BCUT2D eigenvalue weighted by molar-refractivity contribution is 0.307. The molecular weight excluding hydrogens is 336 g/mol. The lowest BCUT2D eigenvalue weighted by Gasteiger charge is -2.21. The predicted molar refractivity (Wildman–Crippen MR) is 95.7 cm³/mol. The third kappa shape index (κ3) is 3.44. The topological polar surface area (TPSA) is 78.0 Å². The molecule has 1 fully saturated rings. The highest BCUT2D eigenvalue weighted by atomic mass is 32.2. The van der Waals surface area contributed by atoms with E-state index in [4.69, 9.17) is 0 Å². The van der Waals surface area contributed by atoms with Gasteiger partial charge in [0.25, 0.3) is 5.56 Å². The summed E-state index contributed by atoms with van der Waals surface area (Å²) in [4.78, 5) is 16.9. The van der Waals surface area contributed by atoms with Crippen molar-refractivity contribution >= 4 is 17.4 Å². The lowest BCUT2D eigenvalue weighted by Crippen LogP contribution is -2.16. The van der Waals surface area contributed by atoms with Crippen molar-refractivity contribution in [3.63, 3.8) is 0 Å². The van der Waals surface area contributed by atoms with Crippen LogP contribution in [0.25, 0.3) is 5.65 Å². The smallest absolute Gasteiger partial charge is 0.258 e. The zero-order chi connectivity index (χ0) is 17.2. The van der Waals surface area contributed by atoms with Crippen LogP contribution in [0.2, 0.25) is 0 Å². The van der Waals surface area contributed by atoms with Crippen LogP contribution in [0.5, 0.6) is 0 Å². The van der Waals surface area contributed by atoms with Gasteiger partial charge in [-0.2, -0.15) is 0 Å². The number of thioether (sulfide) groups is 1. The molecule has 130 valence electrons. The summed E-state index contributed by atoms with van der Waals surface area (Å²) in [5.41, 5.74) is 2.44. The highest BCUT2D eigenvalue weighted by Gasteiger charge is 2.20. The number of fused-ring (bicyclic) bond motifs is 1. The van der Waals surface area contributed by atoms with Crippen molar-refractivity contribution in [3.05, 3.63) is 46.0 Å². The van der Waals surface area contributed by atoms with E-state index < -0.39 is 0 Å². The molecular formula is C17H20N6OS. The van der Waals surface area contributed by atoms with Gasteiger partial charge in [-0.15, -0.1) is 5.10 Å². The van der Waals surface area contributed by atoms with Crippen LogP contribution in [-0.2, 0) is 5.75 Å². The highest BCUT2D eigenvalue weighted by Crippen LogP contribution is 2.30. The van der Waals surface area contributed by atoms with E-state index in [9.17, 15) is 4.79 Å². The summed E-state index contributed by atoms with van der Waals surface area (Å²) in [5, 5.41) is 13.0. The monoisotopic (exact) mass is 356 g/mol. The molecule has 0 N–H and O–H groups in total. The van der Waals surface area contributed by atoms with Crippen molar-refractivity contribution in [1.29, 1.82) is 0 Å². The van der Waals surface area contributed by atoms with E-state index in [0.717, 1.165) is 29.3 Å². The summed E-state index contributed by atoms with van der Waals surface area (Å²) in [6, 6.07) is 5.80. The molecule has 8 heteroatoms. The van der Waals surface area contributed by atoms with E-state index in [1.54, 1.807) is 16.7 Å². The van der Waals surface area contributed by atoms with E-state index in [-0.39, 0.29) is 5.56 Å². The minimum Gasteiger partial charge on any atom is -0.269 e. The molecule has 0 amide bonds. The second kappa shape index (κ2) is 6.95. The molecule has 3 aromatic rings. The molecule has 3 heterocycles. The number of pyridine rings is 1. The Labute approximate surface area is 149 Å². The molecule has 1 saturated carbocycles. The number of tetrazole rings is 1. The van der Waals surface area contributed by atoms with Gasteiger partial charge in [-0.05, 0) is 47.9 Å². The molecule has 0 atom stereocenters. The molecule has 0 saturated heterocycles. The van der Waals surface area contributed by atoms with Crippen LogP contribution in [0.3, 0.4) is 0 Å². The van der Waals surface area contributed by atoms with Crippen LogP contribution < -0.4 is 5.56 Å². The first kappa shape index (κ1) is 16.3. The molecule has 1 aliphatic rings. The molecule has 25 heavy (non-hydrogen) atoms. The number of aromatic nitrogens is 6. The summed E-state index contributed by atoms with van der Waals surface area (Å²) < 4.78 is 3.51. The van der Waals surface area contributed by atoms with Gasteiger partial charge in [-0.25, -0.2) is 9.67 Å². The van der Waals surface area contributed by atoms with Gasteiger partial charge in [0, 0.05) is 18.0 Å². The van der Waals surface area contributed by atoms with Gasteiger partial charge in [-0.3, -0.25) is 9.20 Å². The quantitative estimate of drug-likeness (QED) is 0.669. The van der Waals surface area contributed by atoms with Crippen molar-refractivity contribution in [2.75, 3.05) is 0 Å². The van der Waals surface area contributed by atoms with Crippen LogP contribution in [0, 0.1) is 6.92 Å². The van der Waals surface area contributed by atoms with Crippen molar-refractivity contribution < 1.29 is 0 Å². The summed E-state index contributed by atoms with van der Waals surface area (Å²) in [5.74, 6) is 0.576. The molecule has 0 spiro atoms. The molecule has 1 aliphatic carbocycles. The van der Waals surface area contributed by atoms with Crippen molar-refractivity contribution in [2.24, 2.45) is 0 Å². The maximum atomic E-state index is 12.3. The van der Waals surface area contributed by atoms with Gasteiger partial charge in [0.15, 0.2) is 0 Å². The fourth-order valence-electron chi connectivity index (χ4n) is 3.30. The Morgan fingerprint density at radius 1 is 1.24 bits per heavy atom. The Morgan fingerprint density at radius 3 is 2.92 bits per heavy atom. The number of hydrogen-bond acceptors (Lipinski definition) is 6. The second-order valence-corrected chi connectivity index (χ2v) is 7.45. The van der Waals surface area contributed by atoms with Gasteiger partial charge in [0.1, 0.15) is 5.65 Å². The zero-order valence-electron chi connectivity index (χ0n) is 14.1. The van der Waals surface area contributed by atoms with Crippen LogP contribution in [0.15, 0.2) is 34.3 Å². The molecule has 0 aliphatic heterocycles. The standard InChI is InChI=1S/C17H20N6OS/c1-12-7-8-22-15(9-12)18-13(10-16(22)24)11-25-17-19-20-21-23(17)14-5-3-2-4-6-14/h7-10,14H,2-6,11H2,1H3. The molecule has 0 radical (unpaired) electrons. The van der Waals surface area contributed by atoms with E-state index in [0.29, 0.717) is 17.4 Å². The zero-order valence-corrected chi connectivity index (χ0v) is 14.9. The number of hydrogen-bond donors (Lipinski definition) is 0. The SMILES string of the molecule is Cc1ccn2c(=O)cc(CSc3nnnn3C3CCCCC3)nc2c1. The molecule has 4 rings (SSSR count). The average molecular weight is 356 g/mol. The van der Waals surface area contributed by atoms with Crippen molar-refractivity contribution in [3.8, 4) is 0 Å². The normalized spacial score (nSPS) is 15.7. The Balaban J connectivity index is 1.55. The largest absolute Gasteiger partial charge is 0.269 e. The number of rotatable bonds is 4. The highest BCUT2D eigenvalue weighted by molar-refractivity contribution is 7.98. The molecule has 7 nitrogen and oxygen atoms in total. The number of aryl methyl sites for hydroxylation is 1. The molecule has 0 unspecified atom stereocenters. The first-order chi connectivity index (χ1) is 12.2. The lowest BCUT2D eigenvalue weighted by atomic mass is 9.96. The first-order valence-corrected chi connectivity index (χ1v) is 9.59. The summed E-state index contributed by atoms with van der Waals surface area (Å²) in [6.45, 7) is 1.99. The number of nitrogens with zero attached hydrogens (tertiary/aromatic N) is 6. The third-order valence-electron chi connectivity index (χ3n) is 4.61. The Bertz CT molecular complexity index is 944. The van der Waals surface area contributed by atoms with Crippen LogP contribution in [0.4, 0.5) is 0 Å². The summed E-state index contributed by atoms with van der Waals surface area (Å²) in [6.07, 6.45) is 7.79. The molecule has 0 aromatic carbocycles. The van der Waals surface area contributed by atoms with E-state index >= 15 is 0 Å². The Hall–Kier alpha value is -2.22. The minimum absolute atomic E-state index is 0.0625. The Kier molecular flexibility index (Phi) is 4.52.